The third-order valence-corrected chi connectivity index (χ3v) is 3.88. The molecule has 9 nitrogen and oxygen atoms in total. The second-order valence-corrected chi connectivity index (χ2v) is 7.87. The van der Waals surface area contributed by atoms with Gasteiger partial charge < -0.3 is 24.8 Å². The van der Waals surface area contributed by atoms with E-state index in [0.717, 1.165) is 5.56 Å². The molecular formula is C22H32N2O7. The molecule has 1 rings (SSSR count). The number of benzene rings is 1. The summed E-state index contributed by atoms with van der Waals surface area (Å²) in [5.74, 6) is -1.71. The Labute approximate surface area is 182 Å². The predicted molar refractivity (Wildman–Crippen MR) is 113 cm³/mol. The number of carbonyl (C=O) groups is 4. The predicted octanol–water partition coefficient (Wildman–Crippen LogP) is 2.47. The summed E-state index contributed by atoms with van der Waals surface area (Å²) >= 11 is 0. The van der Waals surface area contributed by atoms with Gasteiger partial charge in [-0.15, -0.1) is 0 Å². The lowest BCUT2D eigenvalue weighted by Crippen LogP contribution is -2.45. The Kier molecular flexibility index (Phi) is 10.5. The van der Waals surface area contributed by atoms with Crippen LogP contribution in [0.15, 0.2) is 30.3 Å². The van der Waals surface area contributed by atoms with E-state index in [1.165, 1.54) is 6.92 Å². The fraction of sp³-hybridized carbons (Fsp3) is 0.545. The number of ether oxygens (including phenoxy) is 3. The Hall–Kier alpha value is -3.10. The molecule has 172 valence electrons. The van der Waals surface area contributed by atoms with Crippen LogP contribution >= 0.6 is 0 Å². The Morgan fingerprint density at radius 3 is 2.19 bits per heavy atom. The Bertz CT molecular complexity index is 744. The summed E-state index contributed by atoms with van der Waals surface area (Å²) in [5.41, 5.74) is 0.0301. The second-order valence-electron chi connectivity index (χ2n) is 7.87. The van der Waals surface area contributed by atoms with E-state index in [2.05, 4.69) is 10.6 Å². The van der Waals surface area contributed by atoms with Gasteiger partial charge in [0.2, 0.25) is 5.91 Å². The lowest BCUT2D eigenvalue weighted by molar-refractivity contribution is -0.148. The van der Waals surface area contributed by atoms with Gasteiger partial charge in [-0.25, -0.2) is 14.4 Å². The average molecular weight is 437 g/mol. The first kappa shape index (κ1) is 25.9. The molecule has 0 bridgehead atoms. The standard InChI is InChI=1S/C22H32N2O7/c1-6-29-19(26)15(2)23-18(25)13-12-17(24-21(28)31-22(3,4)5)20(27)30-14-16-10-8-7-9-11-16/h7-11,15,17H,6,12-14H2,1-5H3,(H,23,25)(H,24,28)/t15-,17?/m0/s1. The highest BCUT2D eigenvalue weighted by Gasteiger charge is 2.27. The molecule has 0 heterocycles. The van der Waals surface area contributed by atoms with Crippen LogP contribution in [-0.4, -0.2) is 48.2 Å². The van der Waals surface area contributed by atoms with Crippen LogP contribution in [0.3, 0.4) is 0 Å². The zero-order chi connectivity index (χ0) is 23.4. The number of carbonyl (C=O) groups excluding carboxylic acids is 4. The second kappa shape index (κ2) is 12.6. The Balaban J connectivity index is 2.70. The van der Waals surface area contributed by atoms with Gasteiger partial charge in [-0.1, -0.05) is 30.3 Å². The van der Waals surface area contributed by atoms with Gasteiger partial charge in [0.15, 0.2) is 0 Å². The molecular weight excluding hydrogens is 404 g/mol. The van der Waals surface area contributed by atoms with Crippen LogP contribution < -0.4 is 10.6 Å². The molecule has 9 heteroatoms. The normalized spacial score (nSPS) is 12.8. The maximum absolute atomic E-state index is 12.5. The maximum atomic E-state index is 12.5. The average Bonchev–Trinajstić information content (AvgIpc) is 2.68. The lowest BCUT2D eigenvalue weighted by atomic mass is 10.1. The van der Waals surface area contributed by atoms with E-state index in [1.54, 1.807) is 39.8 Å². The zero-order valence-corrected chi connectivity index (χ0v) is 18.7. The van der Waals surface area contributed by atoms with Crippen LogP contribution in [0.2, 0.25) is 0 Å². The molecule has 0 fully saturated rings. The summed E-state index contributed by atoms with van der Waals surface area (Å²) in [6.45, 7) is 8.48. The molecule has 0 radical (unpaired) electrons. The van der Waals surface area contributed by atoms with Gasteiger partial charge in [-0.3, -0.25) is 4.79 Å². The molecule has 0 aliphatic heterocycles. The summed E-state index contributed by atoms with van der Waals surface area (Å²) < 4.78 is 15.3. The van der Waals surface area contributed by atoms with Gasteiger partial charge in [0.05, 0.1) is 6.61 Å². The third kappa shape index (κ3) is 11.0. The quantitative estimate of drug-likeness (QED) is 0.427. The Morgan fingerprint density at radius 1 is 0.968 bits per heavy atom. The van der Waals surface area contributed by atoms with Crippen molar-refractivity contribution < 1.29 is 33.4 Å². The molecule has 1 aromatic rings. The number of esters is 2. The summed E-state index contributed by atoms with van der Waals surface area (Å²) in [7, 11) is 0. The highest BCUT2D eigenvalue weighted by molar-refractivity contribution is 5.85. The molecule has 0 saturated heterocycles. The number of nitrogens with one attached hydrogen (secondary N) is 2. The molecule has 0 saturated carbocycles. The zero-order valence-electron chi connectivity index (χ0n) is 18.7. The number of amides is 2. The van der Waals surface area contributed by atoms with Crippen molar-refractivity contribution in [3.05, 3.63) is 35.9 Å². The topological polar surface area (TPSA) is 120 Å². The fourth-order valence-corrected chi connectivity index (χ4v) is 2.44. The lowest BCUT2D eigenvalue weighted by Gasteiger charge is -2.23. The van der Waals surface area contributed by atoms with Crippen molar-refractivity contribution in [3.63, 3.8) is 0 Å². The first-order valence-electron chi connectivity index (χ1n) is 10.2. The summed E-state index contributed by atoms with van der Waals surface area (Å²) in [6, 6.07) is 7.15. The molecule has 2 N–H and O–H groups in total. The van der Waals surface area contributed by atoms with E-state index < -0.39 is 41.6 Å². The van der Waals surface area contributed by atoms with E-state index in [1.807, 2.05) is 18.2 Å². The van der Waals surface area contributed by atoms with Gasteiger partial charge >= 0.3 is 18.0 Å². The van der Waals surface area contributed by atoms with Crippen LogP contribution in [0, 0.1) is 0 Å². The van der Waals surface area contributed by atoms with E-state index in [4.69, 9.17) is 14.2 Å². The molecule has 0 aromatic heterocycles. The molecule has 0 spiro atoms. The van der Waals surface area contributed by atoms with Crippen molar-refractivity contribution in [1.29, 1.82) is 0 Å². The third-order valence-electron chi connectivity index (χ3n) is 3.88. The van der Waals surface area contributed by atoms with Crippen molar-refractivity contribution in [2.45, 2.75) is 71.8 Å². The number of hydrogen-bond donors (Lipinski definition) is 2. The summed E-state index contributed by atoms with van der Waals surface area (Å²) in [4.78, 5) is 48.5. The van der Waals surface area contributed by atoms with Crippen LogP contribution in [-0.2, 0) is 35.2 Å². The summed E-state index contributed by atoms with van der Waals surface area (Å²) in [6.07, 6.45) is -0.951. The highest BCUT2D eigenvalue weighted by Crippen LogP contribution is 2.10. The van der Waals surface area contributed by atoms with Crippen LogP contribution in [0.5, 0.6) is 0 Å². The molecule has 0 aliphatic carbocycles. The van der Waals surface area contributed by atoms with Gasteiger partial charge in [0.1, 0.15) is 24.3 Å². The highest BCUT2D eigenvalue weighted by atomic mass is 16.6. The van der Waals surface area contributed by atoms with Crippen LogP contribution in [0.1, 0.15) is 53.0 Å². The minimum absolute atomic E-state index is 0.0261. The van der Waals surface area contributed by atoms with E-state index in [9.17, 15) is 19.2 Å². The number of hydrogen-bond acceptors (Lipinski definition) is 7. The van der Waals surface area contributed by atoms with Crippen molar-refractivity contribution >= 4 is 23.9 Å². The van der Waals surface area contributed by atoms with Crippen molar-refractivity contribution in [2.24, 2.45) is 0 Å². The van der Waals surface area contributed by atoms with E-state index >= 15 is 0 Å². The largest absolute Gasteiger partial charge is 0.464 e. The van der Waals surface area contributed by atoms with Gasteiger partial charge in [-0.2, -0.15) is 0 Å². The molecule has 0 aliphatic rings. The van der Waals surface area contributed by atoms with Crippen molar-refractivity contribution in [3.8, 4) is 0 Å². The molecule has 1 unspecified atom stereocenters. The molecule has 2 amide bonds. The number of alkyl carbamates (subject to hydrolysis) is 1. The first-order chi connectivity index (χ1) is 14.5. The summed E-state index contributed by atoms with van der Waals surface area (Å²) in [5, 5.41) is 4.95. The number of rotatable bonds is 10. The molecule has 2 atom stereocenters. The smallest absolute Gasteiger partial charge is 0.408 e. The van der Waals surface area contributed by atoms with Crippen LogP contribution in [0.4, 0.5) is 4.79 Å². The monoisotopic (exact) mass is 436 g/mol. The van der Waals surface area contributed by atoms with Crippen molar-refractivity contribution in [2.75, 3.05) is 6.61 Å². The van der Waals surface area contributed by atoms with Gasteiger partial charge in [-0.05, 0) is 46.6 Å². The fourth-order valence-electron chi connectivity index (χ4n) is 2.44. The van der Waals surface area contributed by atoms with E-state index in [0.29, 0.717) is 0 Å². The first-order valence-corrected chi connectivity index (χ1v) is 10.2. The molecule has 1 aromatic carbocycles. The maximum Gasteiger partial charge on any atom is 0.408 e. The minimum Gasteiger partial charge on any atom is -0.464 e. The Morgan fingerprint density at radius 2 is 1.61 bits per heavy atom. The van der Waals surface area contributed by atoms with E-state index in [-0.39, 0.29) is 26.1 Å². The minimum atomic E-state index is -1.10. The van der Waals surface area contributed by atoms with Crippen molar-refractivity contribution in [1.82, 2.24) is 10.6 Å². The van der Waals surface area contributed by atoms with Gasteiger partial charge in [0.25, 0.3) is 0 Å². The van der Waals surface area contributed by atoms with Gasteiger partial charge in [0, 0.05) is 6.42 Å². The SMILES string of the molecule is CCOC(=O)[C@H](C)NC(=O)CCC(NC(=O)OC(C)(C)C)C(=O)OCc1ccccc1. The molecule has 31 heavy (non-hydrogen) atoms. The van der Waals surface area contributed by atoms with Crippen LogP contribution in [0.25, 0.3) is 0 Å².